The molecule has 0 saturated carbocycles. The fourth-order valence-corrected chi connectivity index (χ4v) is 2.89. The van der Waals surface area contributed by atoms with Crippen LogP contribution in [0.3, 0.4) is 0 Å². The molecule has 0 aliphatic rings. The summed E-state index contributed by atoms with van der Waals surface area (Å²) in [5, 5.41) is 14.1. The van der Waals surface area contributed by atoms with Crippen LogP contribution in [-0.4, -0.2) is 28.2 Å². The smallest absolute Gasteiger partial charge is 0.0733 e. The number of pyridine rings is 2. The molecule has 0 bridgehead atoms. The molecule has 5 heteroatoms. The van der Waals surface area contributed by atoms with Crippen molar-refractivity contribution in [2.45, 2.75) is 6.42 Å². The Morgan fingerprint density at radius 1 is 1.09 bits per heavy atom. The SMILES string of the molecule is OCC(CNc1ccnc2cc(Br)ccc12)Cc1ccccn1. The number of rotatable bonds is 6. The van der Waals surface area contributed by atoms with Gasteiger partial charge >= 0.3 is 0 Å². The second-order valence-electron chi connectivity index (χ2n) is 5.47. The summed E-state index contributed by atoms with van der Waals surface area (Å²) < 4.78 is 1.01. The standard InChI is InChI=1S/C18H18BrN3O/c19-14-4-5-16-17(6-8-21-18(16)10-14)22-11-13(12-23)9-15-3-1-2-7-20-15/h1-8,10,13,23H,9,11-12H2,(H,21,22). The molecule has 0 aliphatic carbocycles. The van der Waals surface area contributed by atoms with Crippen LogP contribution in [0.4, 0.5) is 5.69 Å². The molecule has 0 amide bonds. The van der Waals surface area contributed by atoms with Crippen molar-refractivity contribution in [3.05, 3.63) is 65.0 Å². The van der Waals surface area contributed by atoms with Gasteiger partial charge in [-0.05, 0) is 42.8 Å². The van der Waals surface area contributed by atoms with Crippen molar-refractivity contribution >= 4 is 32.5 Å². The molecule has 0 spiro atoms. The summed E-state index contributed by atoms with van der Waals surface area (Å²) in [6.45, 7) is 0.806. The third-order valence-electron chi connectivity index (χ3n) is 3.77. The number of hydrogen-bond donors (Lipinski definition) is 2. The van der Waals surface area contributed by atoms with Crippen molar-refractivity contribution in [1.29, 1.82) is 0 Å². The van der Waals surface area contributed by atoms with Crippen LogP contribution in [-0.2, 0) is 6.42 Å². The van der Waals surface area contributed by atoms with Crippen LogP contribution in [0.25, 0.3) is 10.9 Å². The largest absolute Gasteiger partial charge is 0.396 e. The summed E-state index contributed by atoms with van der Waals surface area (Å²) in [5.74, 6) is 0.114. The number of fused-ring (bicyclic) bond motifs is 1. The highest BCUT2D eigenvalue weighted by atomic mass is 79.9. The van der Waals surface area contributed by atoms with Gasteiger partial charge in [-0.1, -0.05) is 22.0 Å². The minimum absolute atomic E-state index is 0.114. The van der Waals surface area contributed by atoms with Gasteiger partial charge in [0.25, 0.3) is 0 Å². The molecule has 0 fully saturated rings. The molecule has 0 radical (unpaired) electrons. The zero-order valence-electron chi connectivity index (χ0n) is 12.6. The Balaban J connectivity index is 1.72. The Labute approximate surface area is 143 Å². The molecule has 1 atom stereocenters. The van der Waals surface area contributed by atoms with E-state index in [1.54, 1.807) is 12.4 Å². The Morgan fingerprint density at radius 2 is 2.00 bits per heavy atom. The van der Waals surface area contributed by atoms with Crippen molar-refractivity contribution in [1.82, 2.24) is 9.97 Å². The lowest BCUT2D eigenvalue weighted by molar-refractivity contribution is 0.232. The summed E-state index contributed by atoms with van der Waals surface area (Å²) in [5.41, 5.74) is 2.97. The molecule has 1 aromatic carbocycles. The lowest BCUT2D eigenvalue weighted by Gasteiger charge is -2.16. The third-order valence-corrected chi connectivity index (χ3v) is 4.26. The zero-order valence-corrected chi connectivity index (χ0v) is 14.2. The minimum atomic E-state index is 0.114. The van der Waals surface area contributed by atoms with Crippen LogP contribution in [0.2, 0.25) is 0 Å². The Bertz CT molecular complexity index is 780. The van der Waals surface area contributed by atoms with Gasteiger partial charge in [-0.3, -0.25) is 9.97 Å². The predicted molar refractivity (Wildman–Crippen MR) is 96.4 cm³/mol. The van der Waals surface area contributed by atoms with Crippen molar-refractivity contribution < 1.29 is 5.11 Å². The van der Waals surface area contributed by atoms with Crippen LogP contribution in [0.15, 0.2) is 59.3 Å². The number of aromatic nitrogens is 2. The second-order valence-corrected chi connectivity index (χ2v) is 6.39. The maximum absolute atomic E-state index is 9.63. The summed E-state index contributed by atoms with van der Waals surface area (Å²) in [6.07, 6.45) is 4.33. The Hall–Kier alpha value is -1.98. The van der Waals surface area contributed by atoms with Crippen LogP contribution in [0, 0.1) is 5.92 Å². The number of benzene rings is 1. The highest BCUT2D eigenvalue weighted by Gasteiger charge is 2.10. The van der Waals surface area contributed by atoms with Crippen LogP contribution in [0.1, 0.15) is 5.69 Å². The van der Waals surface area contributed by atoms with E-state index in [9.17, 15) is 5.11 Å². The molecule has 2 aromatic heterocycles. The fraction of sp³-hybridized carbons (Fsp3) is 0.222. The van der Waals surface area contributed by atoms with Gasteiger partial charge in [0.1, 0.15) is 0 Å². The normalized spacial score (nSPS) is 12.3. The maximum atomic E-state index is 9.63. The number of nitrogens with zero attached hydrogens (tertiary/aromatic N) is 2. The van der Waals surface area contributed by atoms with Gasteiger partial charge in [-0.25, -0.2) is 0 Å². The molecule has 3 rings (SSSR count). The number of aliphatic hydroxyl groups is 1. The number of anilines is 1. The Kier molecular flexibility index (Phi) is 5.20. The van der Waals surface area contributed by atoms with Crippen molar-refractivity contribution in [2.75, 3.05) is 18.5 Å². The average molecular weight is 372 g/mol. The van der Waals surface area contributed by atoms with Gasteiger partial charge in [0, 0.05) is 52.7 Å². The number of nitrogens with one attached hydrogen (secondary N) is 1. The molecule has 0 saturated heterocycles. The molecular weight excluding hydrogens is 354 g/mol. The van der Waals surface area contributed by atoms with E-state index in [1.807, 2.05) is 42.5 Å². The molecule has 3 aromatic rings. The molecule has 1 unspecified atom stereocenters. The van der Waals surface area contributed by atoms with Crippen LogP contribution < -0.4 is 5.32 Å². The van der Waals surface area contributed by atoms with E-state index in [-0.39, 0.29) is 12.5 Å². The second kappa shape index (κ2) is 7.53. The molecule has 2 heterocycles. The molecule has 23 heavy (non-hydrogen) atoms. The van der Waals surface area contributed by atoms with E-state index >= 15 is 0 Å². The lowest BCUT2D eigenvalue weighted by atomic mass is 10.0. The quantitative estimate of drug-likeness (QED) is 0.694. The van der Waals surface area contributed by atoms with Crippen molar-refractivity contribution in [3.8, 4) is 0 Å². The molecule has 0 aliphatic heterocycles. The van der Waals surface area contributed by atoms with Gasteiger partial charge < -0.3 is 10.4 Å². The summed E-state index contributed by atoms with van der Waals surface area (Å²) in [7, 11) is 0. The highest BCUT2D eigenvalue weighted by Crippen LogP contribution is 2.24. The van der Waals surface area contributed by atoms with Crippen LogP contribution >= 0.6 is 15.9 Å². The summed E-state index contributed by atoms with van der Waals surface area (Å²) in [4.78, 5) is 8.72. The topological polar surface area (TPSA) is 58.0 Å². The predicted octanol–water partition coefficient (Wildman–Crippen LogP) is 3.66. The first kappa shape index (κ1) is 15.9. The lowest BCUT2D eigenvalue weighted by Crippen LogP contribution is -2.20. The molecule has 4 nitrogen and oxygen atoms in total. The van der Waals surface area contributed by atoms with Gasteiger partial charge in [0.15, 0.2) is 0 Å². The maximum Gasteiger partial charge on any atom is 0.0733 e. The first-order valence-corrected chi connectivity index (χ1v) is 8.34. The summed E-state index contributed by atoms with van der Waals surface area (Å²) >= 11 is 3.47. The number of halogens is 1. The molecule has 2 N–H and O–H groups in total. The highest BCUT2D eigenvalue weighted by molar-refractivity contribution is 9.10. The monoisotopic (exact) mass is 371 g/mol. The number of aliphatic hydroxyl groups excluding tert-OH is 1. The van der Waals surface area contributed by atoms with E-state index in [1.165, 1.54) is 0 Å². The van der Waals surface area contributed by atoms with Gasteiger partial charge in [-0.15, -0.1) is 0 Å². The number of hydrogen-bond acceptors (Lipinski definition) is 4. The fourth-order valence-electron chi connectivity index (χ4n) is 2.55. The third kappa shape index (κ3) is 4.06. The van der Waals surface area contributed by atoms with Gasteiger partial charge in [-0.2, -0.15) is 0 Å². The van der Waals surface area contributed by atoms with E-state index in [4.69, 9.17) is 0 Å². The average Bonchev–Trinajstić information content (AvgIpc) is 2.59. The minimum Gasteiger partial charge on any atom is -0.396 e. The van der Waals surface area contributed by atoms with E-state index in [0.29, 0.717) is 6.54 Å². The first-order chi connectivity index (χ1) is 11.3. The zero-order chi connectivity index (χ0) is 16.1. The summed E-state index contributed by atoms with van der Waals surface area (Å²) in [6, 6.07) is 13.9. The first-order valence-electron chi connectivity index (χ1n) is 7.55. The van der Waals surface area contributed by atoms with Crippen molar-refractivity contribution in [3.63, 3.8) is 0 Å². The van der Waals surface area contributed by atoms with Crippen molar-refractivity contribution in [2.24, 2.45) is 5.92 Å². The molecule has 118 valence electrons. The Morgan fingerprint density at radius 3 is 2.78 bits per heavy atom. The van der Waals surface area contributed by atoms with E-state index in [2.05, 4.69) is 31.2 Å². The van der Waals surface area contributed by atoms with Gasteiger partial charge in [0.05, 0.1) is 5.52 Å². The van der Waals surface area contributed by atoms with E-state index in [0.717, 1.165) is 33.2 Å². The van der Waals surface area contributed by atoms with Gasteiger partial charge in [0.2, 0.25) is 0 Å². The molecular formula is C18H18BrN3O. The van der Waals surface area contributed by atoms with E-state index < -0.39 is 0 Å². The van der Waals surface area contributed by atoms with Crippen LogP contribution in [0.5, 0.6) is 0 Å².